The highest BCUT2D eigenvalue weighted by Gasteiger charge is 2.35. The Bertz CT molecular complexity index is 831. The van der Waals surface area contributed by atoms with Gasteiger partial charge in [-0.15, -0.1) is 11.3 Å². The lowest BCUT2D eigenvalue weighted by Crippen LogP contribution is -2.44. The molecular weight excluding hydrogens is 354 g/mol. The average Bonchev–Trinajstić information content (AvgIpc) is 3.23. The van der Waals surface area contributed by atoms with E-state index in [-0.39, 0.29) is 24.1 Å². The first-order valence-corrected chi connectivity index (χ1v) is 9.12. The van der Waals surface area contributed by atoms with Crippen LogP contribution in [0.3, 0.4) is 0 Å². The van der Waals surface area contributed by atoms with Crippen molar-refractivity contribution in [3.05, 3.63) is 51.5 Å². The number of hydrogen-bond acceptors (Lipinski definition) is 5. The molecule has 3 rings (SSSR count). The number of nitrogens with one attached hydrogen (secondary N) is 1. The quantitative estimate of drug-likeness (QED) is 0.806. The van der Waals surface area contributed by atoms with E-state index >= 15 is 0 Å². The molecule has 1 fully saturated rings. The van der Waals surface area contributed by atoms with Crippen molar-refractivity contribution >= 4 is 29.1 Å². The Balaban J connectivity index is 1.62. The van der Waals surface area contributed by atoms with Gasteiger partial charge in [-0.2, -0.15) is 0 Å². The van der Waals surface area contributed by atoms with E-state index in [9.17, 15) is 14.4 Å². The summed E-state index contributed by atoms with van der Waals surface area (Å²) in [5.74, 6) is -1.37. The lowest BCUT2D eigenvalue weighted by atomic mass is 10.1. The molecule has 1 aliphatic rings. The normalized spacial score (nSPS) is 16.7. The summed E-state index contributed by atoms with van der Waals surface area (Å²) in [6.45, 7) is 2.55. The maximum atomic E-state index is 12.5. The molecule has 2 N–H and O–H groups in total. The summed E-state index contributed by atoms with van der Waals surface area (Å²) in [6, 6.07) is 7.36. The Labute approximate surface area is 154 Å². The van der Waals surface area contributed by atoms with Crippen molar-refractivity contribution < 1.29 is 19.5 Å². The van der Waals surface area contributed by atoms with Gasteiger partial charge in [-0.1, -0.05) is 29.8 Å². The van der Waals surface area contributed by atoms with Crippen molar-refractivity contribution in [1.29, 1.82) is 0 Å². The second kappa shape index (κ2) is 7.65. The van der Waals surface area contributed by atoms with Crippen LogP contribution in [0.2, 0.25) is 0 Å². The molecule has 0 radical (unpaired) electrons. The lowest BCUT2D eigenvalue weighted by Gasteiger charge is -2.24. The van der Waals surface area contributed by atoms with Gasteiger partial charge in [0.05, 0.1) is 6.54 Å². The lowest BCUT2D eigenvalue weighted by molar-refractivity contribution is -0.135. The van der Waals surface area contributed by atoms with E-state index in [1.807, 2.05) is 31.2 Å². The Morgan fingerprint density at radius 3 is 2.73 bits per heavy atom. The van der Waals surface area contributed by atoms with Crippen molar-refractivity contribution in [2.75, 3.05) is 0 Å². The zero-order chi connectivity index (χ0) is 18.7. The van der Waals surface area contributed by atoms with Gasteiger partial charge in [0.2, 0.25) is 11.8 Å². The number of nitrogens with zero attached hydrogens (tertiary/aromatic N) is 2. The van der Waals surface area contributed by atoms with Gasteiger partial charge in [0.25, 0.3) is 0 Å². The molecule has 0 unspecified atom stereocenters. The summed E-state index contributed by atoms with van der Waals surface area (Å²) in [5, 5.41) is 13.6. The molecule has 2 amide bonds. The number of aromatic nitrogens is 1. The maximum Gasteiger partial charge on any atom is 0.355 e. The highest BCUT2D eigenvalue weighted by molar-refractivity contribution is 7.09. The van der Waals surface area contributed by atoms with Crippen molar-refractivity contribution in [2.45, 2.75) is 38.9 Å². The molecule has 136 valence electrons. The third-order valence-corrected chi connectivity index (χ3v) is 5.14. The summed E-state index contributed by atoms with van der Waals surface area (Å²) in [6.07, 6.45) is 0.832. The van der Waals surface area contributed by atoms with Crippen LogP contribution in [0.1, 0.15) is 39.5 Å². The minimum Gasteiger partial charge on any atom is -0.476 e. The third-order valence-electron chi connectivity index (χ3n) is 4.29. The molecule has 8 heteroatoms. The summed E-state index contributed by atoms with van der Waals surface area (Å²) in [5.41, 5.74) is 2.09. The topological polar surface area (TPSA) is 99.6 Å². The maximum absolute atomic E-state index is 12.5. The number of rotatable bonds is 6. The Morgan fingerprint density at radius 1 is 1.35 bits per heavy atom. The molecule has 2 aromatic rings. The minimum atomic E-state index is -1.09. The Kier molecular flexibility index (Phi) is 5.32. The molecule has 7 nitrogen and oxygen atoms in total. The van der Waals surface area contributed by atoms with Crippen LogP contribution in [-0.4, -0.2) is 38.8 Å². The van der Waals surface area contributed by atoms with Gasteiger partial charge in [0, 0.05) is 18.3 Å². The summed E-state index contributed by atoms with van der Waals surface area (Å²) >= 11 is 1.18. The molecule has 1 aromatic carbocycles. The predicted molar refractivity (Wildman–Crippen MR) is 95.7 cm³/mol. The van der Waals surface area contributed by atoms with Crippen LogP contribution in [0.5, 0.6) is 0 Å². The van der Waals surface area contributed by atoms with Gasteiger partial charge >= 0.3 is 5.97 Å². The second-order valence-electron chi connectivity index (χ2n) is 6.21. The highest BCUT2D eigenvalue weighted by atomic mass is 32.1. The van der Waals surface area contributed by atoms with Crippen LogP contribution in [0.4, 0.5) is 0 Å². The van der Waals surface area contributed by atoms with Crippen molar-refractivity contribution in [3.8, 4) is 0 Å². The molecule has 2 heterocycles. The minimum absolute atomic E-state index is 0.0312. The fraction of sp³-hybridized carbons (Fsp3) is 0.333. The molecule has 0 aliphatic carbocycles. The van der Waals surface area contributed by atoms with E-state index in [2.05, 4.69) is 10.3 Å². The first-order valence-electron chi connectivity index (χ1n) is 8.24. The zero-order valence-electron chi connectivity index (χ0n) is 14.3. The highest BCUT2D eigenvalue weighted by Crippen LogP contribution is 2.22. The number of likely N-dealkylation sites (tertiary alicyclic amines) is 1. The molecule has 1 aliphatic heterocycles. The predicted octanol–water partition coefficient (Wildman–Crippen LogP) is 1.96. The van der Waals surface area contributed by atoms with Crippen LogP contribution < -0.4 is 5.32 Å². The largest absolute Gasteiger partial charge is 0.476 e. The standard InChI is InChI=1S/C18H19N3O4S/c1-11-2-4-12(5-3-11)9-21-14(6-7-16(21)22)17(23)19-8-15-20-13(10-26-15)18(24)25/h2-5,10,14H,6-9H2,1H3,(H,19,23)(H,24,25)/t14-/m0/s1. The van der Waals surface area contributed by atoms with Crippen LogP contribution in [-0.2, 0) is 22.7 Å². The van der Waals surface area contributed by atoms with Gasteiger partial charge in [-0.25, -0.2) is 9.78 Å². The number of carbonyl (C=O) groups excluding carboxylic acids is 2. The zero-order valence-corrected chi connectivity index (χ0v) is 15.1. The van der Waals surface area contributed by atoms with Gasteiger partial charge < -0.3 is 15.3 Å². The second-order valence-corrected chi connectivity index (χ2v) is 7.15. The summed E-state index contributed by atoms with van der Waals surface area (Å²) in [7, 11) is 0. The summed E-state index contributed by atoms with van der Waals surface area (Å²) < 4.78 is 0. The number of aryl methyl sites for hydroxylation is 1. The molecule has 1 aromatic heterocycles. The third kappa shape index (κ3) is 4.08. The Morgan fingerprint density at radius 2 is 2.08 bits per heavy atom. The van der Waals surface area contributed by atoms with E-state index in [1.54, 1.807) is 4.90 Å². The Hall–Kier alpha value is -2.74. The molecule has 0 spiro atoms. The first-order chi connectivity index (χ1) is 12.4. The van der Waals surface area contributed by atoms with Crippen LogP contribution in [0, 0.1) is 6.92 Å². The molecule has 1 atom stereocenters. The van der Waals surface area contributed by atoms with Gasteiger partial charge in [-0.05, 0) is 18.9 Å². The number of hydrogen-bond donors (Lipinski definition) is 2. The number of carbonyl (C=O) groups is 3. The molecular formula is C18H19N3O4S. The number of carboxylic acid groups (broad SMARTS) is 1. The van der Waals surface area contributed by atoms with Crippen molar-refractivity contribution in [2.24, 2.45) is 0 Å². The van der Waals surface area contributed by atoms with E-state index in [0.29, 0.717) is 24.4 Å². The van der Waals surface area contributed by atoms with Crippen LogP contribution in [0.15, 0.2) is 29.6 Å². The fourth-order valence-electron chi connectivity index (χ4n) is 2.87. The van der Waals surface area contributed by atoms with E-state index in [1.165, 1.54) is 16.7 Å². The number of benzene rings is 1. The molecule has 0 bridgehead atoms. The van der Waals surface area contributed by atoms with Crippen molar-refractivity contribution in [1.82, 2.24) is 15.2 Å². The van der Waals surface area contributed by atoms with E-state index in [0.717, 1.165) is 11.1 Å². The molecule has 26 heavy (non-hydrogen) atoms. The van der Waals surface area contributed by atoms with Gasteiger partial charge in [0.15, 0.2) is 5.69 Å². The number of aromatic carboxylic acids is 1. The molecule has 1 saturated heterocycles. The van der Waals surface area contributed by atoms with Gasteiger partial charge in [0.1, 0.15) is 11.0 Å². The van der Waals surface area contributed by atoms with E-state index in [4.69, 9.17) is 5.11 Å². The van der Waals surface area contributed by atoms with Crippen molar-refractivity contribution in [3.63, 3.8) is 0 Å². The smallest absolute Gasteiger partial charge is 0.355 e. The first kappa shape index (κ1) is 18.1. The van der Waals surface area contributed by atoms with E-state index < -0.39 is 12.0 Å². The fourth-order valence-corrected chi connectivity index (χ4v) is 3.57. The summed E-state index contributed by atoms with van der Waals surface area (Å²) in [4.78, 5) is 41.1. The SMILES string of the molecule is Cc1ccc(CN2C(=O)CC[C@H]2C(=O)NCc2nc(C(=O)O)cs2)cc1. The number of thiazole rings is 1. The van der Waals surface area contributed by atoms with Crippen LogP contribution >= 0.6 is 11.3 Å². The number of amides is 2. The van der Waals surface area contributed by atoms with Crippen LogP contribution in [0.25, 0.3) is 0 Å². The number of carboxylic acids is 1. The average molecular weight is 373 g/mol. The van der Waals surface area contributed by atoms with Gasteiger partial charge in [-0.3, -0.25) is 9.59 Å². The molecule has 0 saturated carbocycles. The monoisotopic (exact) mass is 373 g/mol.